The maximum Gasteiger partial charge on any atom is 0.311 e. The maximum absolute atomic E-state index is 13.6. The van der Waals surface area contributed by atoms with Gasteiger partial charge in [-0.1, -0.05) is 0 Å². The van der Waals surface area contributed by atoms with Gasteiger partial charge >= 0.3 is 5.97 Å². The molecule has 4 atom stereocenters. The van der Waals surface area contributed by atoms with E-state index in [1.165, 1.54) is 18.2 Å². The number of aliphatic carboxylic acids is 1. The van der Waals surface area contributed by atoms with E-state index in [0.717, 1.165) is 18.6 Å². The summed E-state index contributed by atoms with van der Waals surface area (Å²) in [5.74, 6) is -3.80. The van der Waals surface area contributed by atoms with Gasteiger partial charge < -0.3 is 25.1 Å². The van der Waals surface area contributed by atoms with Crippen molar-refractivity contribution in [3.05, 3.63) is 47.7 Å². The van der Waals surface area contributed by atoms with Crippen molar-refractivity contribution in [2.45, 2.75) is 77.0 Å². The molecule has 1 aromatic carbocycles. The molecule has 1 aliphatic heterocycles. The Bertz CT molecular complexity index is 1210. The van der Waals surface area contributed by atoms with Gasteiger partial charge in [-0.15, -0.1) is 0 Å². The fourth-order valence-electron chi connectivity index (χ4n) is 5.53. The first kappa shape index (κ1) is 26.8. The van der Waals surface area contributed by atoms with Crippen LogP contribution in [0, 0.1) is 17.0 Å². The number of furan rings is 1. The molecule has 0 spiro atoms. The Hall–Kier alpha value is -3.27. The zero-order valence-corrected chi connectivity index (χ0v) is 21.4. The Morgan fingerprint density at radius 3 is 2.49 bits per heavy atom. The molecular formula is C27H33F2N3O5. The first-order chi connectivity index (χ1) is 17.3. The number of amides is 2. The van der Waals surface area contributed by atoms with E-state index < -0.39 is 41.0 Å². The predicted molar refractivity (Wildman–Crippen MR) is 132 cm³/mol. The Morgan fingerprint density at radius 1 is 1.11 bits per heavy atom. The first-order valence-electron chi connectivity index (χ1n) is 12.5. The number of carbonyl (C=O) groups is 3. The second-order valence-corrected chi connectivity index (χ2v) is 11.3. The van der Waals surface area contributed by atoms with Crippen LogP contribution in [0.15, 0.2) is 34.7 Å². The molecule has 1 aliphatic carbocycles. The molecule has 8 nitrogen and oxygen atoms in total. The predicted octanol–water partition coefficient (Wildman–Crippen LogP) is 3.96. The molecule has 3 N–H and O–H groups in total. The highest BCUT2D eigenvalue weighted by atomic mass is 19.2. The van der Waals surface area contributed by atoms with Crippen LogP contribution in [0.25, 0.3) is 11.3 Å². The van der Waals surface area contributed by atoms with Crippen molar-refractivity contribution in [2.75, 3.05) is 6.54 Å². The number of likely N-dealkylation sites (tertiary alicyclic amines) is 1. The van der Waals surface area contributed by atoms with Crippen molar-refractivity contribution in [1.29, 1.82) is 0 Å². The van der Waals surface area contributed by atoms with Gasteiger partial charge in [0.15, 0.2) is 17.4 Å². The second kappa shape index (κ2) is 9.89. The van der Waals surface area contributed by atoms with E-state index in [9.17, 15) is 28.3 Å². The van der Waals surface area contributed by atoms with Crippen LogP contribution >= 0.6 is 0 Å². The third kappa shape index (κ3) is 5.53. The van der Waals surface area contributed by atoms with Crippen LogP contribution in [0.1, 0.15) is 63.9 Å². The van der Waals surface area contributed by atoms with Crippen LogP contribution in [-0.2, 0) is 9.59 Å². The van der Waals surface area contributed by atoms with E-state index >= 15 is 0 Å². The highest BCUT2D eigenvalue weighted by Gasteiger charge is 2.52. The molecule has 2 amide bonds. The van der Waals surface area contributed by atoms with Crippen LogP contribution in [0.4, 0.5) is 8.78 Å². The highest BCUT2D eigenvalue weighted by molar-refractivity contribution is 5.96. The average Bonchev–Trinajstić information content (AvgIpc) is 3.43. The summed E-state index contributed by atoms with van der Waals surface area (Å²) in [6, 6.07) is 4.86. The molecule has 0 bridgehead atoms. The van der Waals surface area contributed by atoms with E-state index in [1.54, 1.807) is 11.8 Å². The molecular weight excluding hydrogens is 484 g/mol. The standard InChI is InChI=1S/C27H33F2N3O5/c1-26(2,3)31-16-6-10-22(27(4,14-16)25(35)36)32-12-11-19(24(32)34)30-23(33)21-9-8-20(37-21)15-5-7-17(28)18(29)13-15/h5,7-9,13,16,19,22,31H,6,10-12,14H2,1-4H3,(H,30,33)(H,35,36)/t16-,19?,22+,27-/m1/s1. The van der Waals surface area contributed by atoms with Crippen LogP contribution in [-0.4, -0.2) is 58.0 Å². The van der Waals surface area contributed by atoms with Crippen molar-refractivity contribution < 1.29 is 32.7 Å². The number of carboxylic acid groups (broad SMARTS) is 1. The molecule has 200 valence electrons. The summed E-state index contributed by atoms with van der Waals surface area (Å²) in [4.78, 5) is 40.0. The van der Waals surface area contributed by atoms with Crippen molar-refractivity contribution in [1.82, 2.24) is 15.5 Å². The molecule has 1 aromatic heterocycles. The van der Waals surface area contributed by atoms with E-state index in [2.05, 4.69) is 10.6 Å². The third-order valence-corrected chi connectivity index (χ3v) is 7.28. The zero-order valence-electron chi connectivity index (χ0n) is 21.4. The normalized spacial score (nSPS) is 26.4. The topological polar surface area (TPSA) is 112 Å². The van der Waals surface area contributed by atoms with Crippen molar-refractivity contribution in [3.63, 3.8) is 0 Å². The number of rotatable bonds is 6. The highest BCUT2D eigenvalue weighted by Crippen LogP contribution is 2.41. The summed E-state index contributed by atoms with van der Waals surface area (Å²) in [5.41, 5.74) is -1.02. The molecule has 0 radical (unpaired) electrons. The van der Waals surface area contributed by atoms with Gasteiger partial charge in [-0.2, -0.15) is 0 Å². The molecule has 1 unspecified atom stereocenters. The molecule has 37 heavy (non-hydrogen) atoms. The summed E-state index contributed by atoms with van der Waals surface area (Å²) < 4.78 is 32.3. The molecule has 2 aromatic rings. The SMILES string of the molecule is CC(C)(C)N[C@@H]1CC[C@H](N2CCC(NC(=O)c3ccc(-c4ccc(F)c(F)c4)o3)C2=O)[C@](C)(C(=O)O)C1. The summed E-state index contributed by atoms with van der Waals surface area (Å²) in [6.07, 6.45) is 2.02. The lowest BCUT2D eigenvalue weighted by atomic mass is 9.68. The molecule has 10 heteroatoms. The van der Waals surface area contributed by atoms with Gasteiger partial charge in [0.05, 0.1) is 5.41 Å². The number of carbonyl (C=O) groups excluding carboxylic acids is 2. The third-order valence-electron chi connectivity index (χ3n) is 7.28. The fraction of sp³-hybridized carbons (Fsp3) is 0.519. The minimum atomic E-state index is -1.13. The summed E-state index contributed by atoms with van der Waals surface area (Å²) in [7, 11) is 0. The number of hydrogen-bond donors (Lipinski definition) is 3. The summed E-state index contributed by atoms with van der Waals surface area (Å²) in [5, 5.41) is 16.3. The molecule has 2 fully saturated rings. The van der Waals surface area contributed by atoms with E-state index in [1.807, 2.05) is 20.8 Å². The van der Waals surface area contributed by atoms with E-state index in [4.69, 9.17) is 4.42 Å². The largest absolute Gasteiger partial charge is 0.481 e. The van der Waals surface area contributed by atoms with Gasteiger partial charge in [0.2, 0.25) is 5.91 Å². The minimum Gasteiger partial charge on any atom is -0.481 e. The van der Waals surface area contributed by atoms with Gasteiger partial charge in [0.1, 0.15) is 11.8 Å². The minimum absolute atomic E-state index is 0.0216. The number of carboxylic acids is 1. The molecule has 1 saturated carbocycles. The van der Waals surface area contributed by atoms with Crippen molar-refractivity contribution >= 4 is 17.8 Å². The van der Waals surface area contributed by atoms with Gasteiger partial charge in [-0.3, -0.25) is 14.4 Å². The zero-order chi connectivity index (χ0) is 27.1. The van der Waals surface area contributed by atoms with Crippen molar-refractivity contribution in [2.24, 2.45) is 5.41 Å². The maximum atomic E-state index is 13.6. The Kier molecular flexibility index (Phi) is 7.16. The van der Waals surface area contributed by atoms with E-state index in [0.29, 0.717) is 25.8 Å². The fourth-order valence-corrected chi connectivity index (χ4v) is 5.53. The molecule has 2 heterocycles. The number of nitrogens with one attached hydrogen (secondary N) is 2. The lowest BCUT2D eigenvalue weighted by Gasteiger charge is -2.47. The number of hydrogen-bond acceptors (Lipinski definition) is 5. The van der Waals surface area contributed by atoms with Crippen LogP contribution in [0.2, 0.25) is 0 Å². The lowest BCUT2D eigenvalue weighted by Crippen LogP contribution is -2.59. The Morgan fingerprint density at radius 2 is 1.84 bits per heavy atom. The first-order valence-corrected chi connectivity index (χ1v) is 12.5. The van der Waals surface area contributed by atoms with Crippen molar-refractivity contribution in [3.8, 4) is 11.3 Å². The van der Waals surface area contributed by atoms with Gasteiger partial charge in [-0.25, -0.2) is 8.78 Å². The van der Waals surface area contributed by atoms with Gasteiger partial charge in [-0.05, 0) is 83.7 Å². The molecule has 1 saturated heterocycles. The van der Waals surface area contributed by atoms with Crippen LogP contribution < -0.4 is 10.6 Å². The van der Waals surface area contributed by atoms with Gasteiger partial charge in [0, 0.05) is 29.7 Å². The number of benzene rings is 1. The lowest BCUT2D eigenvalue weighted by molar-refractivity contribution is -0.158. The Labute approximate surface area is 214 Å². The quantitative estimate of drug-likeness (QED) is 0.535. The van der Waals surface area contributed by atoms with Crippen LogP contribution in [0.5, 0.6) is 0 Å². The summed E-state index contributed by atoms with van der Waals surface area (Å²) in [6.45, 7) is 8.14. The molecule has 4 rings (SSSR count). The number of halogens is 2. The molecule has 2 aliphatic rings. The van der Waals surface area contributed by atoms with Gasteiger partial charge in [0.25, 0.3) is 5.91 Å². The van der Waals surface area contributed by atoms with E-state index in [-0.39, 0.29) is 34.6 Å². The smallest absolute Gasteiger partial charge is 0.311 e. The summed E-state index contributed by atoms with van der Waals surface area (Å²) >= 11 is 0. The average molecular weight is 518 g/mol. The number of nitrogens with zero attached hydrogens (tertiary/aromatic N) is 1. The monoisotopic (exact) mass is 517 g/mol. The Balaban J connectivity index is 1.43. The van der Waals surface area contributed by atoms with Crippen LogP contribution in [0.3, 0.4) is 0 Å². The second-order valence-electron chi connectivity index (χ2n) is 11.3.